The average molecular weight is 465 g/mol. The Labute approximate surface area is 193 Å². The lowest BCUT2D eigenvalue weighted by molar-refractivity contribution is 0.199. The van der Waals surface area contributed by atoms with Crippen LogP contribution in [0.5, 0.6) is 17.2 Å². The quantitative estimate of drug-likeness (QED) is 0.337. The van der Waals surface area contributed by atoms with E-state index in [1.165, 1.54) is 16.3 Å². The summed E-state index contributed by atoms with van der Waals surface area (Å²) in [6.45, 7) is 22.3. The van der Waals surface area contributed by atoms with Crippen LogP contribution in [0.15, 0.2) is 11.8 Å². The van der Waals surface area contributed by atoms with E-state index >= 15 is 0 Å². The van der Waals surface area contributed by atoms with Gasteiger partial charge in [0.05, 0.1) is 27.8 Å². The highest BCUT2D eigenvalue weighted by atomic mass is 28.3. The molecule has 0 saturated carbocycles. The van der Waals surface area contributed by atoms with E-state index in [4.69, 9.17) is 18.6 Å². The number of rotatable bonds is 9. The lowest BCUT2D eigenvalue weighted by Crippen LogP contribution is -2.29. The van der Waals surface area contributed by atoms with Gasteiger partial charge in [-0.15, -0.1) is 0 Å². The molecule has 0 aromatic heterocycles. The van der Waals surface area contributed by atoms with Gasteiger partial charge in [-0.05, 0) is 51.0 Å². The maximum atomic E-state index is 6.74. The van der Waals surface area contributed by atoms with Gasteiger partial charge in [0.15, 0.2) is 11.5 Å². The second-order valence-electron chi connectivity index (χ2n) is 10.4. The summed E-state index contributed by atoms with van der Waals surface area (Å²) >= 11 is 0. The molecular weight excluding hydrogens is 420 g/mol. The van der Waals surface area contributed by atoms with E-state index in [-0.39, 0.29) is 17.6 Å². The second-order valence-corrected chi connectivity index (χ2v) is 15.7. The Kier molecular flexibility index (Phi) is 8.73. The number of allylic oxidation sites excluding steroid dienone is 1. The van der Waals surface area contributed by atoms with E-state index in [9.17, 15) is 0 Å². The molecule has 0 radical (unpaired) electrons. The molecule has 4 nitrogen and oxygen atoms in total. The minimum absolute atomic E-state index is 0.00922. The summed E-state index contributed by atoms with van der Waals surface area (Å²) in [5.41, 5.74) is 2.38. The first-order valence-corrected chi connectivity index (χ1v) is 17.6. The van der Waals surface area contributed by atoms with Crippen molar-refractivity contribution in [3.63, 3.8) is 0 Å². The maximum Gasteiger partial charge on any atom is 0.229 e. The standard InChI is InChI=1S/C25H44O4Si2/c1-12-13-14-17-20(24(25(4,5)6)29-31(10)11)21-19(30(8)9)15-18(26-7)22(23(21)28-17)27-16(2)3/h15-17,30-31H,12-14H2,1-11H3. The third-order valence-electron chi connectivity index (χ3n) is 5.38. The van der Waals surface area contributed by atoms with Crippen LogP contribution in [0, 0.1) is 5.41 Å². The molecule has 1 aromatic rings. The normalized spacial score (nSPS) is 17.8. The van der Waals surface area contributed by atoms with Crippen LogP contribution in [0.25, 0.3) is 5.57 Å². The van der Waals surface area contributed by atoms with Gasteiger partial charge in [0, 0.05) is 16.6 Å². The van der Waals surface area contributed by atoms with E-state index in [0.717, 1.165) is 42.3 Å². The topological polar surface area (TPSA) is 36.9 Å². The van der Waals surface area contributed by atoms with E-state index in [1.807, 2.05) is 13.8 Å². The maximum absolute atomic E-state index is 6.74. The van der Waals surface area contributed by atoms with Crippen molar-refractivity contribution >= 4 is 28.6 Å². The van der Waals surface area contributed by atoms with Gasteiger partial charge in [-0.2, -0.15) is 0 Å². The highest BCUT2D eigenvalue weighted by Gasteiger charge is 2.41. The summed E-state index contributed by atoms with van der Waals surface area (Å²) in [6.07, 6.45) is 3.26. The van der Waals surface area contributed by atoms with Gasteiger partial charge in [-0.25, -0.2) is 0 Å². The fraction of sp³-hybridized carbons (Fsp3) is 0.680. The third-order valence-corrected chi connectivity index (χ3v) is 7.78. The molecule has 1 atom stereocenters. The fourth-order valence-electron chi connectivity index (χ4n) is 4.07. The Balaban J connectivity index is 2.92. The van der Waals surface area contributed by atoms with E-state index in [1.54, 1.807) is 7.11 Å². The Morgan fingerprint density at radius 1 is 1.16 bits per heavy atom. The molecule has 1 aliphatic rings. The van der Waals surface area contributed by atoms with Crippen molar-refractivity contribution in [2.45, 2.75) is 99.2 Å². The highest BCUT2D eigenvalue weighted by molar-refractivity contribution is 6.71. The molecule has 0 N–H and O–H groups in total. The SMILES string of the molecule is CCCCC1Oc2c(OC(C)C)c(OC)cc([SiH](C)C)c2C1=C(O[SiH](C)C)C(C)(C)C. The molecule has 1 unspecified atom stereocenters. The molecule has 6 heteroatoms. The zero-order chi connectivity index (χ0) is 23.5. The molecule has 0 fully saturated rings. The summed E-state index contributed by atoms with van der Waals surface area (Å²) in [7, 11) is -0.776. The number of benzene rings is 1. The molecule has 0 aliphatic carbocycles. The number of ether oxygens (including phenoxy) is 3. The first-order chi connectivity index (χ1) is 14.4. The smallest absolute Gasteiger partial charge is 0.229 e. The van der Waals surface area contributed by atoms with E-state index in [2.05, 4.69) is 59.9 Å². The monoisotopic (exact) mass is 464 g/mol. The molecular formula is C25H44O4Si2. The number of unbranched alkanes of at least 4 members (excludes halogenated alkanes) is 1. The summed E-state index contributed by atoms with van der Waals surface area (Å²) in [5, 5.41) is 1.37. The van der Waals surface area contributed by atoms with Crippen LogP contribution in [0.4, 0.5) is 0 Å². The van der Waals surface area contributed by atoms with Crippen LogP contribution < -0.4 is 19.4 Å². The fourth-order valence-corrected chi connectivity index (χ4v) is 6.38. The molecule has 176 valence electrons. The Morgan fingerprint density at radius 2 is 1.81 bits per heavy atom. The van der Waals surface area contributed by atoms with Gasteiger partial charge < -0.3 is 18.6 Å². The minimum atomic E-state index is -1.30. The predicted octanol–water partition coefficient (Wildman–Crippen LogP) is 5.88. The first kappa shape index (κ1) is 25.9. The summed E-state index contributed by atoms with van der Waals surface area (Å²) in [5.74, 6) is 3.47. The molecule has 0 saturated heterocycles. The molecule has 1 aliphatic heterocycles. The van der Waals surface area contributed by atoms with Crippen LogP contribution >= 0.6 is 0 Å². The lowest BCUT2D eigenvalue weighted by atomic mass is 9.86. The van der Waals surface area contributed by atoms with Crippen LogP contribution in [0.2, 0.25) is 26.2 Å². The number of fused-ring (bicyclic) bond motifs is 1. The van der Waals surface area contributed by atoms with E-state index < -0.39 is 17.8 Å². The molecule has 1 heterocycles. The Morgan fingerprint density at radius 3 is 2.26 bits per heavy atom. The molecule has 2 rings (SSSR count). The van der Waals surface area contributed by atoms with Crippen molar-refractivity contribution in [1.82, 2.24) is 0 Å². The van der Waals surface area contributed by atoms with Crippen molar-refractivity contribution < 1.29 is 18.6 Å². The summed E-state index contributed by atoms with van der Waals surface area (Å²) < 4.78 is 25.5. The molecule has 0 bridgehead atoms. The lowest BCUT2D eigenvalue weighted by Gasteiger charge is -2.30. The van der Waals surface area contributed by atoms with Gasteiger partial charge in [-0.3, -0.25) is 0 Å². The Bertz CT molecular complexity index is 792. The van der Waals surface area contributed by atoms with Crippen molar-refractivity contribution in [1.29, 1.82) is 0 Å². The third kappa shape index (κ3) is 5.89. The predicted molar refractivity (Wildman–Crippen MR) is 138 cm³/mol. The van der Waals surface area contributed by atoms with Gasteiger partial charge in [0.25, 0.3) is 0 Å². The number of hydrogen-bond donors (Lipinski definition) is 0. The van der Waals surface area contributed by atoms with Gasteiger partial charge >= 0.3 is 0 Å². The molecule has 0 spiro atoms. The van der Waals surface area contributed by atoms with Crippen molar-refractivity contribution in [2.24, 2.45) is 5.41 Å². The number of methoxy groups -OCH3 is 1. The number of hydrogen-bond acceptors (Lipinski definition) is 4. The summed E-state index contributed by atoms with van der Waals surface area (Å²) in [6, 6.07) is 2.20. The van der Waals surface area contributed by atoms with Crippen LogP contribution in [-0.4, -0.2) is 37.2 Å². The largest absolute Gasteiger partial charge is 0.549 e. The second kappa shape index (κ2) is 10.5. The van der Waals surface area contributed by atoms with Crippen molar-refractivity contribution in [3.8, 4) is 17.2 Å². The minimum Gasteiger partial charge on any atom is -0.549 e. The van der Waals surface area contributed by atoms with E-state index in [0.29, 0.717) is 0 Å². The highest BCUT2D eigenvalue weighted by Crippen LogP contribution is 2.52. The van der Waals surface area contributed by atoms with Crippen LogP contribution in [0.1, 0.15) is 66.4 Å². The Hall–Kier alpha value is -1.41. The zero-order valence-electron chi connectivity index (χ0n) is 21.6. The van der Waals surface area contributed by atoms with Crippen LogP contribution in [-0.2, 0) is 4.43 Å². The average Bonchev–Trinajstić information content (AvgIpc) is 3.01. The summed E-state index contributed by atoms with van der Waals surface area (Å²) in [4.78, 5) is 0. The van der Waals surface area contributed by atoms with Crippen LogP contribution in [0.3, 0.4) is 0 Å². The molecule has 31 heavy (non-hydrogen) atoms. The van der Waals surface area contributed by atoms with Gasteiger partial charge in [-0.1, -0.05) is 47.2 Å². The first-order valence-electron chi connectivity index (χ1n) is 11.9. The van der Waals surface area contributed by atoms with Crippen molar-refractivity contribution in [2.75, 3.05) is 7.11 Å². The molecule has 0 amide bonds. The van der Waals surface area contributed by atoms with Gasteiger partial charge in [0.2, 0.25) is 14.8 Å². The zero-order valence-corrected chi connectivity index (χ0v) is 24.0. The molecule has 1 aromatic carbocycles. The van der Waals surface area contributed by atoms with Crippen molar-refractivity contribution in [3.05, 3.63) is 17.4 Å². The van der Waals surface area contributed by atoms with Gasteiger partial charge in [0.1, 0.15) is 6.10 Å².